The lowest BCUT2D eigenvalue weighted by molar-refractivity contribution is 0.0950. The van der Waals surface area contributed by atoms with Crippen LogP contribution in [0.25, 0.3) is 11.5 Å². The molecule has 5 nitrogen and oxygen atoms in total. The maximum Gasteiger partial charge on any atom is 0.284 e. The Balaban J connectivity index is 1.68. The van der Waals surface area contributed by atoms with Crippen LogP contribution in [0.5, 0.6) is 5.75 Å². The predicted octanol–water partition coefficient (Wildman–Crippen LogP) is 5.86. The molecule has 1 aromatic heterocycles. The first-order chi connectivity index (χ1) is 13.1. The number of phenolic OH excluding ortho intramolecular Hbond substituents is 1. The molecule has 0 amide bonds. The van der Waals surface area contributed by atoms with E-state index in [9.17, 15) is 9.90 Å². The summed E-state index contributed by atoms with van der Waals surface area (Å²) in [5.74, 6) is -0.418. The fraction of sp³-hybridized carbons (Fsp3) is 0.286. The number of halogens is 2. The lowest BCUT2D eigenvalue weighted by Crippen LogP contribution is -2.10. The Bertz CT molecular complexity index is 982. The number of phenols is 1. The average Bonchev–Trinajstić information content (AvgIpc) is 3.13. The highest BCUT2D eigenvalue weighted by atomic mass is 35.5. The normalized spacial score (nSPS) is 11.6. The van der Waals surface area contributed by atoms with Crippen molar-refractivity contribution in [1.29, 1.82) is 0 Å². The molecule has 2 aromatic carbocycles. The average molecular weight is 419 g/mol. The van der Waals surface area contributed by atoms with E-state index in [1.807, 2.05) is 12.1 Å². The van der Waals surface area contributed by atoms with Crippen LogP contribution in [0.15, 0.2) is 40.8 Å². The lowest BCUT2D eigenvalue weighted by Gasteiger charge is -2.19. The van der Waals surface area contributed by atoms with E-state index in [2.05, 4.69) is 43.1 Å². The molecule has 0 atom stereocenters. The second-order valence-electron chi connectivity index (χ2n) is 7.57. The number of hydrogen-bond donors (Lipinski definition) is 1. The molecule has 0 fully saturated rings. The summed E-state index contributed by atoms with van der Waals surface area (Å²) < 4.78 is 5.46. The molecular weight excluding hydrogens is 399 g/mol. The fourth-order valence-corrected chi connectivity index (χ4v) is 3.16. The first-order valence-corrected chi connectivity index (χ1v) is 9.55. The Kier molecular flexibility index (Phi) is 5.77. The number of Topliss-reactive ketones (excluding diaryl/α,β-unsaturated/α-hetero) is 1. The number of benzene rings is 2. The van der Waals surface area contributed by atoms with E-state index in [-0.39, 0.29) is 45.2 Å². The molecule has 3 rings (SSSR count). The van der Waals surface area contributed by atoms with Crippen LogP contribution in [-0.2, 0) is 11.8 Å². The summed E-state index contributed by atoms with van der Waals surface area (Å²) in [7, 11) is 0. The van der Waals surface area contributed by atoms with Crippen LogP contribution in [0.2, 0.25) is 10.0 Å². The van der Waals surface area contributed by atoms with Gasteiger partial charge < -0.3 is 9.52 Å². The van der Waals surface area contributed by atoms with Crippen molar-refractivity contribution in [2.24, 2.45) is 0 Å². The molecule has 0 aliphatic heterocycles. The van der Waals surface area contributed by atoms with Crippen molar-refractivity contribution in [3.8, 4) is 17.2 Å². The van der Waals surface area contributed by atoms with Crippen molar-refractivity contribution >= 4 is 29.0 Å². The highest BCUT2D eigenvalue weighted by Gasteiger charge is 2.18. The SMILES string of the molecule is CC(C)(C)c1ccc(CCC(=O)c2nnc(-c3cc(Cl)c(O)c(Cl)c3)o2)cc1. The minimum atomic E-state index is -0.241. The van der Waals surface area contributed by atoms with Crippen molar-refractivity contribution in [1.82, 2.24) is 10.2 Å². The summed E-state index contributed by atoms with van der Waals surface area (Å²) in [6.07, 6.45) is 0.839. The molecular formula is C21H20Cl2N2O3. The quantitative estimate of drug-likeness (QED) is 0.524. The molecule has 28 heavy (non-hydrogen) atoms. The second kappa shape index (κ2) is 7.94. The zero-order valence-corrected chi connectivity index (χ0v) is 17.3. The van der Waals surface area contributed by atoms with Crippen LogP contribution in [-0.4, -0.2) is 21.1 Å². The van der Waals surface area contributed by atoms with Gasteiger partial charge in [0.1, 0.15) is 0 Å². The molecule has 0 aliphatic carbocycles. The fourth-order valence-electron chi connectivity index (χ4n) is 2.68. The smallest absolute Gasteiger partial charge is 0.284 e. The number of rotatable bonds is 5. The van der Waals surface area contributed by atoms with E-state index in [1.165, 1.54) is 17.7 Å². The first kappa shape index (κ1) is 20.4. The van der Waals surface area contributed by atoms with E-state index in [0.717, 1.165) is 5.56 Å². The molecule has 0 spiro atoms. The molecule has 0 unspecified atom stereocenters. The van der Waals surface area contributed by atoms with Gasteiger partial charge >= 0.3 is 0 Å². The van der Waals surface area contributed by atoms with Crippen molar-refractivity contribution in [3.63, 3.8) is 0 Å². The van der Waals surface area contributed by atoms with Gasteiger partial charge in [0.05, 0.1) is 10.0 Å². The minimum Gasteiger partial charge on any atom is -0.505 e. The van der Waals surface area contributed by atoms with Crippen molar-refractivity contribution < 1.29 is 14.3 Å². The van der Waals surface area contributed by atoms with Gasteiger partial charge in [-0.05, 0) is 35.1 Å². The third-order valence-electron chi connectivity index (χ3n) is 4.39. The Morgan fingerprint density at radius 3 is 2.25 bits per heavy atom. The van der Waals surface area contributed by atoms with Gasteiger partial charge in [-0.25, -0.2) is 0 Å². The highest BCUT2D eigenvalue weighted by Crippen LogP contribution is 2.36. The molecule has 1 heterocycles. The molecule has 0 aliphatic rings. The third kappa shape index (κ3) is 4.54. The summed E-state index contributed by atoms with van der Waals surface area (Å²) in [6, 6.07) is 11.1. The molecule has 0 saturated carbocycles. The minimum absolute atomic E-state index is 0.0623. The van der Waals surface area contributed by atoms with Gasteiger partial charge in [-0.1, -0.05) is 68.2 Å². The van der Waals surface area contributed by atoms with E-state index in [4.69, 9.17) is 27.6 Å². The number of ketones is 1. The van der Waals surface area contributed by atoms with E-state index < -0.39 is 0 Å². The molecule has 7 heteroatoms. The number of carbonyl (C=O) groups is 1. The zero-order chi connectivity index (χ0) is 20.5. The summed E-state index contributed by atoms with van der Waals surface area (Å²) in [5, 5.41) is 17.4. The maximum atomic E-state index is 12.4. The van der Waals surface area contributed by atoms with Crippen molar-refractivity contribution in [2.45, 2.75) is 39.0 Å². The summed E-state index contributed by atoms with van der Waals surface area (Å²) in [4.78, 5) is 12.4. The molecule has 0 bridgehead atoms. The molecule has 1 N–H and O–H groups in total. The zero-order valence-electron chi connectivity index (χ0n) is 15.8. The van der Waals surface area contributed by atoms with E-state index >= 15 is 0 Å². The standard InChI is InChI=1S/C21H20Cl2N2O3/c1-21(2,3)14-7-4-12(5-8-14)6-9-17(26)20-25-24-19(28-20)13-10-15(22)18(27)16(23)11-13/h4-5,7-8,10-11,27H,6,9H2,1-3H3. The van der Waals surface area contributed by atoms with Gasteiger partial charge in [0, 0.05) is 12.0 Å². The summed E-state index contributed by atoms with van der Waals surface area (Å²) >= 11 is 11.8. The summed E-state index contributed by atoms with van der Waals surface area (Å²) in [5.41, 5.74) is 2.83. The van der Waals surface area contributed by atoms with Gasteiger partial charge in [-0.3, -0.25) is 4.79 Å². The van der Waals surface area contributed by atoms with Gasteiger partial charge in [-0.15, -0.1) is 10.2 Å². The number of aromatic hydroxyl groups is 1. The van der Waals surface area contributed by atoms with Crippen molar-refractivity contribution in [3.05, 3.63) is 63.5 Å². The number of aryl methyl sites for hydroxylation is 1. The first-order valence-electron chi connectivity index (χ1n) is 8.79. The van der Waals surface area contributed by atoms with Crippen LogP contribution < -0.4 is 0 Å². The Labute approximate surface area is 173 Å². The molecule has 0 radical (unpaired) electrons. The number of aromatic nitrogens is 2. The maximum absolute atomic E-state index is 12.4. The number of carbonyl (C=O) groups excluding carboxylic acids is 1. The predicted molar refractivity (Wildman–Crippen MR) is 109 cm³/mol. The Morgan fingerprint density at radius 2 is 1.68 bits per heavy atom. The Hall–Kier alpha value is -2.37. The van der Waals surface area contributed by atoms with Crippen LogP contribution in [0.4, 0.5) is 0 Å². The second-order valence-corrected chi connectivity index (χ2v) is 8.39. The van der Waals surface area contributed by atoms with Crippen molar-refractivity contribution in [2.75, 3.05) is 0 Å². The highest BCUT2D eigenvalue weighted by molar-refractivity contribution is 6.37. The van der Waals surface area contributed by atoms with Gasteiger partial charge in [0.15, 0.2) is 5.75 Å². The summed E-state index contributed by atoms with van der Waals surface area (Å²) in [6.45, 7) is 6.48. The van der Waals surface area contributed by atoms with Gasteiger partial charge in [-0.2, -0.15) is 0 Å². The largest absolute Gasteiger partial charge is 0.505 e. The number of hydrogen-bond acceptors (Lipinski definition) is 5. The lowest BCUT2D eigenvalue weighted by atomic mass is 9.86. The monoisotopic (exact) mass is 418 g/mol. The van der Waals surface area contributed by atoms with Crippen LogP contribution in [0, 0.1) is 0 Å². The van der Waals surface area contributed by atoms with Crippen LogP contribution in [0.3, 0.4) is 0 Å². The topological polar surface area (TPSA) is 76.2 Å². The molecule has 0 saturated heterocycles. The molecule has 3 aromatic rings. The third-order valence-corrected chi connectivity index (χ3v) is 4.96. The van der Waals surface area contributed by atoms with E-state index in [1.54, 1.807) is 0 Å². The van der Waals surface area contributed by atoms with Gasteiger partial charge in [0.25, 0.3) is 5.89 Å². The van der Waals surface area contributed by atoms with Gasteiger partial charge in [0.2, 0.25) is 11.7 Å². The Morgan fingerprint density at radius 1 is 1.07 bits per heavy atom. The van der Waals surface area contributed by atoms with Crippen LogP contribution >= 0.6 is 23.2 Å². The van der Waals surface area contributed by atoms with E-state index in [0.29, 0.717) is 12.0 Å². The van der Waals surface area contributed by atoms with Crippen LogP contribution in [0.1, 0.15) is 49.0 Å². The molecule has 146 valence electrons. The number of nitrogens with zero attached hydrogens (tertiary/aromatic N) is 2.